The molecule has 0 saturated heterocycles. The first kappa shape index (κ1) is 12.5. The molecule has 90 valence electrons. The summed E-state index contributed by atoms with van der Waals surface area (Å²) >= 11 is 7.25. The molecule has 4 heteroatoms. The van der Waals surface area contributed by atoms with Gasteiger partial charge in [0.25, 0.3) is 0 Å². The van der Waals surface area contributed by atoms with Gasteiger partial charge in [-0.3, -0.25) is 0 Å². The first-order chi connectivity index (χ1) is 8.20. The molecule has 0 amide bonds. The van der Waals surface area contributed by atoms with E-state index in [4.69, 9.17) is 11.6 Å². The van der Waals surface area contributed by atoms with Crippen LogP contribution in [0.5, 0.6) is 0 Å². The van der Waals surface area contributed by atoms with Crippen molar-refractivity contribution in [2.45, 2.75) is 19.8 Å². The molecule has 2 rings (SSSR count). The lowest BCUT2D eigenvalue weighted by atomic mass is 10.1. The van der Waals surface area contributed by atoms with Crippen molar-refractivity contribution in [2.24, 2.45) is 0 Å². The van der Waals surface area contributed by atoms with Crippen LogP contribution in [0, 0.1) is 12.7 Å². The highest BCUT2D eigenvalue weighted by Crippen LogP contribution is 2.27. The smallest absolute Gasteiger partial charge is 0.123 e. The van der Waals surface area contributed by atoms with Crippen molar-refractivity contribution in [3.05, 3.63) is 40.7 Å². The summed E-state index contributed by atoms with van der Waals surface area (Å²) in [5.74, 6) is 0.452. The minimum atomic E-state index is -0.204. The quantitative estimate of drug-likeness (QED) is 0.749. The summed E-state index contributed by atoms with van der Waals surface area (Å²) in [6.07, 6.45) is 1.84. The van der Waals surface area contributed by atoms with Crippen molar-refractivity contribution < 1.29 is 4.39 Å². The van der Waals surface area contributed by atoms with E-state index in [9.17, 15) is 4.39 Å². The number of aromatic nitrogens is 1. The van der Waals surface area contributed by atoms with Gasteiger partial charge in [-0.25, -0.2) is 9.37 Å². The van der Waals surface area contributed by atoms with Gasteiger partial charge >= 0.3 is 0 Å². The summed E-state index contributed by atoms with van der Waals surface area (Å²) in [7, 11) is 0. The van der Waals surface area contributed by atoms with Crippen molar-refractivity contribution in [3.63, 3.8) is 0 Å². The molecule has 0 saturated carbocycles. The molecule has 1 nitrogen and oxygen atoms in total. The van der Waals surface area contributed by atoms with Crippen molar-refractivity contribution in [1.82, 2.24) is 4.98 Å². The number of benzene rings is 1. The molecule has 0 unspecified atom stereocenters. The van der Waals surface area contributed by atoms with Crippen molar-refractivity contribution in [1.29, 1.82) is 0 Å². The Kier molecular flexibility index (Phi) is 4.13. The van der Waals surface area contributed by atoms with E-state index in [1.807, 2.05) is 12.3 Å². The van der Waals surface area contributed by atoms with Gasteiger partial charge in [0.15, 0.2) is 0 Å². The highest BCUT2D eigenvalue weighted by atomic mass is 35.5. The van der Waals surface area contributed by atoms with E-state index in [1.165, 1.54) is 12.1 Å². The fraction of sp³-hybridized carbons (Fsp3) is 0.308. The van der Waals surface area contributed by atoms with Crippen LogP contribution in [-0.2, 0) is 6.42 Å². The Hall–Kier alpha value is -0.930. The molecule has 1 aromatic heterocycles. The van der Waals surface area contributed by atoms with Crippen LogP contribution < -0.4 is 0 Å². The largest absolute Gasteiger partial charge is 0.241 e. The van der Waals surface area contributed by atoms with Crippen LogP contribution in [0.1, 0.15) is 17.7 Å². The van der Waals surface area contributed by atoms with Crippen LogP contribution in [0.4, 0.5) is 4.39 Å². The van der Waals surface area contributed by atoms with Gasteiger partial charge in [-0.15, -0.1) is 22.9 Å². The molecular weight excluding hydrogens is 257 g/mol. The van der Waals surface area contributed by atoms with E-state index in [2.05, 4.69) is 4.98 Å². The van der Waals surface area contributed by atoms with Gasteiger partial charge in [0.05, 0.1) is 5.69 Å². The number of thiazole rings is 1. The van der Waals surface area contributed by atoms with Crippen molar-refractivity contribution >= 4 is 22.9 Å². The Bertz CT molecular complexity index is 510. The molecule has 17 heavy (non-hydrogen) atoms. The summed E-state index contributed by atoms with van der Waals surface area (Å²) in [6, 6.07) is 4.80. The van der Waals surface area contributed by atoms with Gasteiger partial charge in [0.2, 0.25) is 0 Å². The zero-order valence-corrected chi connectivity index (χ0v) is 11.1. The predicted molar refractivity (Wildman–Crippen MR) is 71.3 cm³/mol. The third-order valence-electron chi connectivity index (χ3n) is 2.54. The Labute approximate surface area is 109 Å². The lowest BCUT2D eigenvalue weighted by Crippen LogP contribution is -1.88. The summed E-state index contributed by atoms with van der Waals surface area (Å²) < 4.78 is 13.0. The number of rotatable bonds is 4. The lowest BCUT2D eigenvalue weighted by Gasteiger charge is -2.01. The van der Waals surface area contributed by atoms with Crippen LogP contribution in [0.15, 0.2) is 23.6 Å². The van der Waals surface area contributed by atoms with Gasteiger partial charge in [0.1, 0.15) is 10.8 Å². The number of hydrogen-bond donors (Lipinski definition) is 0. The van der Waals surface area contributed by atoms with Crippen LogP contribution >= 0.6 is 22.9 Å². The highest BCUT2D eigenvalue weighted by molar-refractivity contribution is 7.13. The Morgan fingerprint density at radius 3 is 2.94 bits per heavy atom. The second kappa shape index (κ2) is 5.61. The van der Waals surface area contributed by atoms with E-state index < -0.39 is 0 Å². The maximum Gasteiger partial charge on any atom is 0.123 e. The minimum absolute atomic E-state index is 0.204. The topological polar surface area (TPSA) is 12.9 Å². The third-order valence-corrected chi connectivity index (χ3v) is 3.73. The summed E-state index contributed by atoms with van der Waals surface area (Å²) in [5, 5.41) is 3.00. The van der Waals surface area contributed by atoms with Crippen LogP contribution in [0.2, 0.25) is 0 Å². The zero-order valence-electron chi connectivity index (χ0n) is 9.54. The average Bonchev–Trinajstić information content (AvgIpc) is 2.75. The van der Waals surface area contributed by atoms with Crippen LogP contribution in [0.25, 0.3) is 10.6 Å². The second-order valence-corrected chi connectivity index (χ2v) is 5.13. The molecule has 0 radical (unpaired) electrons. The first-order valence-corrected chi connectivity index (χ1v) is 6.89. The second-order valence-electron chi connectivity index (χ2n) is 3.90. The number of alkyl halides is 1. The SMILES string of the molecule is Cc1cc(F)ccc1-c1nc(CCCCl)cs1. The number of halogens is 2. The maximum absolute atomic E-state index is 13.0. The van der Waals surface area contributed by atoms with Crippen LogP contribution in [-0.4, -0.2) is 10.9 Å². The average molecular weight is 270 g/mol. The molecule has 0 aliphatic heterocycles. The normalized spacial score (nSPS) is 10.8. The molecule has 0 aliphatic carbocycles. The number of aryl methyl sites for hydroxylation is 2. The van der Waals surface area contributed by atoms with Gasteiger partial charge < -0.3 is 0 Å². The zero-order chi connectivity index (χ0) is 12.3. The third kappa shape index (κ3) is 3.05. The Morgan fingerprint density at radius 1 is 1.41 bits per heavy atom. The monoisotopic (exact) mass is 269 g/mol. The molecule has 0 aliphatic rings. The summed E-state index contributed by atoms with van der Waals surface area (Å²) in [4.78, 5) is 4.55. The molecular formula is C13H13ClFNS. The fourth-order valence-corrected chi connectivity index (χ4v) is 2.74. The Balaban J connectivity index is 2.24. The molecule has 0 atom stereocenters. The fourth-order valence-electron chi connectivity index (χ4n) is 1.66. The van der Waals surface area contributed by atoms with E-state index in [0.717, 1.165) is 34.7 Å². The summed E-state index contributed by atoms with van der Waals surface area (Å²) in [5.41, 5.74) is 2.99. The van der Waals surface area contributed by atoms with Gasteiger partial charge in [-0.2, -0.15) is 0 Å². The molecule has 0 fully saturated rings. The van der Waals surface area contributed by atoms with E-state index in [-0.39, 0.29) is 5.82 Å². The molecule has 1 heterocycles. The number of nitrogens with zero attached hydrogens (tertiary/aromatic N) is 1. The molecule has 0 bridgehead atoms. The van der Waals surface area contributed by atoms with Crippen molar-refractivity contribution in [3.8, 4) is 10.6 Å². The van der Waals surface area contributed by atoms with E-state index >= 15 is 0 Å². The van der Waals surface area contributed by atoms with Crippen molar-refractivity contribution in [2.75, 3.05) is 5.88 Å². The number of hydrogen-bond acceptors (Lipinski definition) is 2. The predicted octanol–water partition coefficient (Wildman–Crippen LogP) is 4.43. The maximum atomic E-state index is 13.0. The molecule has 1 aromatic carbocycles. The lowest BCUT2D eigenvalue weighted by molar-refractivity contribution is 0.627. The van der Waals surface area contributed by atoms with Gasteiger partial charge in [-0.05, 0) is 43.5 Å². The van der Waals surface area contributed by atoms with E-state index in [1.54, 1.807) is 17.4 Å². The standard InChI is InChI=1S/C13H13ClFNS/c1-9-7-10(15)4-5-12(9)13-16-11(8-17-13)3-2-6-14/h4-5,7-8H,2-3,6H2,1H3. The molecule has 2 aromatic rings. The van der Waals surface area contributed by atoms with Gasteiger partial charge in [-0.1, -0.05) is 0 Å². The van der Waals surface area contributed by atoms with E-state index in [0.29, 0.717) is 5.88 Å². The molecule has 0 spiro atoms. The Morgan fingerprint density at radius 2 is 2.24 bits per heavy atom. The first-order valence-electron chi connectivity index (χ1n) is 5.47. The van der Waals surface area contributed by atoms with Crippen LogP contribution in [0.3, 0.4) is 0 Å². The minimum Gasteiger partial charge on any atom is -0.241 e. The summed E-state index contributed by atoms with van der Waals surface area (Å²) in [6.45, 7) is 1.90. The molecule has 0 N–H and O–H groups in total. The van der Waals surface area contributed by atoms with Gasteiger partial charge in [0, 0.05) is 16.8 Å². The highest BCUT2D eigenvalue weighted by Gasteiger charge is 2.07.